The minimum atomic E-state index is -5.05. The third kappa shape index (κ3) is 5.83. The van der Waals surface area contributed by atoms with Crippen molar-refractivity contribution in [1.82, 2.24) is 0 Å². The van der Waals surface area contributed by atoms with Crippen LogP contribution in [0.3, 0.4) is 0 Å². The molecule has 0 N–H and O–H groups in total. The molecule has 0 aromatic heterocycles. The largest absolute Gasteiger partial charge is 0.573 e. The molecular weight excluding hydrogens is 478 g/mol. The third-order valence-corrected chi connectivity index (χ3v) is 6.09. The fourth-order valence-electron chi connectivity index (χ4n) is 4.27. The lowest BCUT2D eigenvalue weighted by atomic mass is 9.95. The molecule has 0 fully saturated rings. The first-order valence-electron chi connectivity index (χ1n) is 11.7. The van der Waals surface area contributed by atoms with Gasteiger partial charge in [0.25, 0.3) is 0 Å². The molecule has 1 nitrogen and oxygen atoms in total. The van der Waals surface area contributed by atoms with E-state index in [4.69, 9.17) is 0 Å². The molecule has 36 heavy (non-hydrogen) atoms. The molecule has 0 unspecified atom stereocenters. The highest BCUT2D eigenvalue weighted by atomic mass is 19.4. The predicted molar refractivity (Wildman–Crippen MR) is 129 cm³/mol. The van der Waals surface area contributed by atoms with Crippen molar-refractivity contribution >= 4 is 10.8 Å². The van der Waals surface area contributed by atoms with Crippen LogP contribution in [-0.2, 0) is 6.42 Å². The van der Waals surface area contributed by atoms with Crippen LogP contribution in [0.4, 0.5) is 26.3 Å². The SMILES string of the molecule is CCCCCCc1ccc2c(F)c(-c3ccc(-c4ccc(OC(F)(F)F)c(F)c4)c(F)c3)ccc2c1. The van der Waals surface area contributed by atoms with Crippen LogP contribution in [0, 0.1) is 17.5 Å². The number of benzene rings is 4. The monoisotopic (exact) mass is 502 g/mol. The molecule has 0 aliphatic heterocycles. The van der Waals surface area contributed by atoms with E-state index in [-0.39, 0.29) is 22.3 Å². The van der Waals surface area contributed by atoms with Crippen LogP contribution in [0.25, 0.3) is 33.0 Å². The van der Waals surface area contributed by atoms with Crippen molar-refractivity contribution < 1.29 is 31.1 Å². The van der Waals surface area contributed by atoms with E-state index in [0.29, 0.717) is 5.39 Å². The van der Waals surface area contributed by atoms with Crippen molar-refractivity contribution in [2.75, 3.05) is 0 Å². The zero-order chi connectivity index (χ0) is 25.9. The van der Waals surface area contributed by atoms with Crippen LogP contribution in [0.5, 0.6) is 5.75 Å². The molecule has 4 aromatic rings. The number of hydrogen-bond acceptors (Lipinski definition) is 1. The van der Waals surface area contributed by atoms with Crippen molar-refractivity contribution in [1.29, 1.82) is 0 Å². The molecule has 4 rings (SSSR count). The Morgan fingerprint density at radius 1 is 0.694 bits per heavy atom. The number of fused-ring (bicyclic) bond motifs is 1. The zero-order valence-corrected chi connectivity index (χ0v) is 19.6. The normalized spacial score (nSPS) is 11.8. The average Bonchev–Trinajstić information content (AvgIpc) is 2.82. The first-order chi connectivity index (χ1) is 17.2. The second-order valence-corrected chi connectivity index (χ2v) is 8.68. The number of rotatable bonds is 8. The quantitative estimate of drug-likeness (QED) is 0.172. The van der Waals surface area contributed by atoms with E-state index in [9.17, 15) is 22.0 Å². The van der Waals surface area contributed by atoms with Gasteiger partial charge in [0.1, 0.15) is 11.6 Å². The van der Waals surface area contributed by atoms with Crippen molar-refractivity contribution in [2.24, 2.45) is 0 Å². The molecule has 0 heterocycles. The van der Waals surface area contributed by atoms with Crippen molar-refractivity contribution in [2.45, 2.75) is 45.4 Å². The number of ether oxygens (including phenoxy) is 1. The van der Waals surface area contributed by atoms with Gasteiger partial charge in [-0.05, 0) is 53.1 Å². The van der Waals surface area contributed by atoms with Crippen LogP contribution in [0.1, 0.15) is 38.2 Å². The second kappa shape index (κ2) is 10.6. The van der Waals surface area contributed by atoms with Gasteiger partial charge in [0.05, 0.1) is 0 Å². The predicted octanol–water partition coefficient (Wildman–Crippen LogP) is 9.61. The van der Waals surface area contributed by atoms with E-state index >= 15 is 4.39 Å². The number of halogens is 6. The topological polar surface area (TPSA) is 9.23 Å². The molecule has 188 valence electrons. The molecule has 0 amide bonds. The lowest BCUT2D eigenvalue weighted by Crippen LogP contribution is -2.17. The van der Waals surface area contributed by atoms with Crippen LogP contribution in [-0.4, -0.2) is 6.36 Å². The summed E-state index contributed by atoms with van der Waals surface area (Å²) in [5, 5.41) is 1.19. The van der Waals surface area contributed by atoms with E-state index in [2.05, 4.69) is 11.7 Å². The molecule has 0 bridgehead atoms. The first kappa shape index (κ1) is 25.6. The zero-order valence-electron chi connectivity index (χ0n) is 19.6. The summed E-state index contributed by atoms with van der Waals surface area (Å²) < 4.78 is 85.1. The fraction of sp³-hybridized carbons (Fsp3) is 0.241. The summed E-state index contributed by atoms with van der Waals surface area (Å²) in [7, 11) is 0. The van der Waals surface area contributed by atoms with E-state index < -0.39 is 29.6 Å². The van der Waals surface area contributed by atoms with Gasteiger partial charge in [0, 0.05) is 16.5 Å². The van der Waals surface area contributed by atoms with Gasteiger partial charge in [-0.1, -0.05) is 74.7 Å². The van der Waals surface area contributed by atoms with Crippen LogP contribution in [0.15, 0.2) is 66.7 Å². The number of alkyl halides is 3. The number of unbranched alkanes of at least 4 members (excludes halogenated alkanes) is 3. The lowest BCUT2D eigenvalue weighted by molar-refractivity contribution is -0.275. The number of hydrogen-bond donors (Lipinski definition) is 0. The highest BCUT2D eigenvalue weighted by Gasteiger charge is 2.32. The molecular formula is C29H24F6O. The Labute approximate surface area is 205 Å². The maximum absolute atomic E-state index is 15.3. The fourth-order valence-corrected chi connectivity index (χ4v) is 4.27. The smallest absolute Gasteiger partial charge is 0.403 e. The van der Waals surface area contributed by atoms with Gasteiger partial charge < -0.3 is 4.74 Å². The first-order valence-corrected chi connectivity index (χ1v) is 11.7. The van der Waals surface area contributed by atoms with E-state index in [0.717, 1.165) is 60.9 Å². The Morgan fingerprint density at radius 3 is 2.08 bits per heavy atom. The Hall–Kier alpha value is -3.48. The molecule has 0 aliphatic carbocycles. The van der Waals surface area contributed by atoms with Gasteiger partial charge in [-0.3, -0.25) is 0 Å². The molecule has 0 spiro atoms. The standard InChI is InChI=1S/C29H24F6O/c1-2-3-4-5-6-18-7-11-23-19(15-18)9-13-24(28(23)32)21-8-12-22(25(30)16-21)20-10-14-27(26(31)17-20)36-29(33,34)35/h7-17H,2-6H2,1H3. The molecule has 0 saturated carbocycles. The lowest BCUT2D eigenvalue weighted by Gasteiger charge is -2.12. The Kier molecular flexibility index (Phi) is 7.57. The molecule has 0 aliphatic rings. The molecule has 4 aromatic carbocycles. The van der Waals surface area contributed by atoms with Gasteiger partial charge >= 0.3 is 6.36 Å². The van der Waals surface area contributed by atoms with E-state index in [1.807, 2.05) is 12.1 Å². The molecule has 0 saturated heterocycles. The van der Waals surface area contributed by atoms with Gasteiger partial charge in [0.15, 0.2) is 11.6 Å². The molecule has 0 radical (unpaired) electrons. The highest BCUT2D eigenvalue weighted by molar-refractivity contribution is 5.89. The summed E-state index contributed by atoms with van der Waals surface area (Å²) in [4.78, 5) is 0. The van der Waals surface area contributed by atoms with Crippen LogP contribution >= 0.6 is 0 Å². The molecule has 7 heteroatoms. The van der Waals surface area contributed by atoms with Gasteiger partial charge in [-0.25, -0.2) is 13.2 Å². The summed E-state index contributed by atoms with van der Waals surface area (Å²) >= 11 is 0. The van der Waals surface area contributed by atoms with Crippen LogP contribution in [0.2, 0.25) is 0 Å². The van der Waals surface area contributed by atoms with E-state index in [1.165, 1.54) is 18.6 Å². The summed E-state index contributed by atoms with van der Waals surface area (Å²) in [5.74, 6) is -3.53. The summed E-state index contributed by atoms with van der Waals surface area (Å²) in [6, 6.07) is 15.6. The molecule has 0 atom stereocenters. The van der Waals surface area contributed by atoms with Gasteiger partial charge in [0.2, 0.25) is 0 Å². The summed E-state index contributed by atoms with van der Waals surface area (Å²) in [6.45, 7) is 2.16. The summed E-state index contributed by atoms with van der Waals surface area (Å²) in [6.07, 6.45) is 0.460. The minimum Gasteiger partial charge on any atom is -0.403 e. The maximum Gasteiger partial charge on any atom is 0.573 e. The Balaban J connectivity index is 1.59. The number of aryl methyl sites for hydroxylation is 1. The second-order valence-electron chi connectivity index (χ2n) is 8.68. The van der Waals surface area contributed by atoms with Gasteiger partial charge in [-0.15, -0.1) is 13.2 Å². The van der Waals surface area contributed by atoms with Gasteiger partial charge in [-0.2, -0.15) is 0 Å². The Bertz CT molecular complexity index is 1380. The Morgan fingerprint density at radius 2 is 1.39 bits per heavy atom. The van der Waals surface area contributed by atoms with Crippen molar-refractivity contribution in [3.63, 3.8) is 0 Å². The third-order valence-electron chi connectivity index (χ3n) is 6.09. The minimum absolute atomic E-state index is 0.0246. The summed E-state index contributed by atoms with van der Waals surface area (Å²) in [5.41, 5.74) is 1.63. The van der Waals surface area contributed by atoms with Crippen LogP contribution < -0.4 is 4.74 Å². The highest BCUT2D eigenvalue weighted by Crippen LogP contribution is 2.34. The van der Waals surface area contributed by atoms with Crippen molar-refractivity contribution in [3.8, 4) is 28.0 Å². The van der Waals surface area contributed by atoms with E-state index in [1.54, 1.807) is 18.2 Å². The average molecular weight is 502 g/mol. The van der Waals surface area contributed by atoms with Crippen molar-refractivity contribution in [3.05, 3.63) is 89.7 Å². The maximum atomic E-state index is 15.3.